The van der Waals surface area contributed by atoms with Crippen LogP contribution in [0.15, 0.2) is 23.1 Å². The lowest BCUT2D eigenvalue weighted by atomic mass is 10.3. The van der Waals surface area contributed by atoms with Crippen molar-refractivity contribution in [3.05, 3.63) is 18.2 Å². The maximum Gasteiger partial charge on any atom is 0.216 e. The Bertz CT molecular complexity index is 343. The molecule has 0 spiro atoms. The molecule has 5 N–H and O–H groups in total. The van der Waals surface area contributed by atoms with E-state index in [9.17, 15) is 4.79 Å². The minimum absolute atomic E-state index is 0. The summed E-state index contributed by atoms with van der Waals surface area (Å²) in [6.45, 7) is 2.11. The average molecular weight is 298 g/mol. The van der Waals surface area contributed by atoms with Gasteiger partial charge >= 0.3 is 0 Å². The summed E-state index contributed by atoms with van der Waals surface area (Å²) >= 11 is 1.55. The van der Waals surface area contributed by atoms with Crippen molar-refractivity contribution < 1.29 is 4.79 Å². The van der Waals surface area contributed by atoms with Crippen LogP contribution in [-0.2, 0) is 4.79 Å². The van der Waals surface area contributed by atoms with Crippen molar-refractivity contribution in [2.24, 2.45) is 0 Å². The maximum atomic E-state index is 10.6. The van der Waals surface area contributed by atoms with Gasteiger partial charge in [0.2, 0.25) is 5.91 Å². The van der Waals surface area contributed by atoms with Gasteiger partial charge in [-0.15, -0.1) is 36.6 Å². The molecule has 0 bridgehead atoms. The van der Waals surface area contributed by atoms with Crippen LogP contribution >= 0.6 is 36.6 Å². The van der Waals surface area contributed by atoms with Gasteiger partial charge in [-0.2, -0.15) is 0 Å². The lowest BCUT2D eigenvalue weighted by Gasteiger charge is -2.08. The molecule has 1 amide bonds. The standard InChI is InChI=1S/C10H15N3OS.2ClH/c1-7(14)13-5-6-15-10-8(11)3-2-4-9(10)12;;/h2-4H,5-6,11-12H2,1H3,(H,13,14);2*1H. The Morgan fingerprint density at radius 2 is 1.82 bits per heavy atom. The molecule has 0 aliphatic rings. The average Bonchev–Trinajstić information content (AvgIpc) is 2.15. The van der Waals surface area contributed by atoms with E-state index in [-0.39, 0.29) is 30.7 Å². The third-order valence-corrected chi connectivity index (χ3v) is 2.97. The predicted octanol–water partition coefficient (Wildman–Crippen LogP) is 1.92. The number of anilines is 2. The van der Waals surface area contributed by atoms with Crippen molar-refractivity contribution >= 4 is 53.9 Å². The summed E-state index contributed by atoms with van der Waals surface area (Å²) < 4.78 is 0. The Labute approximate surface area is 118 Å². The van der Waals surface area contributed by atoms with Crippen molar-refractivity contribution in [2.45, 2.75) is 11.8 Å². The van der Waals surface area contributed by atoms with Crippen LogP contribution in [0.2, 0.25) is 0 Å². The Balaban J connectivity index is 0. The Morgan fingerprint density at radius 1 is 1.29 bits per heavy atom. The minimum atomic E-state index is -0.0235. The molecule has 0 saturated heterocycles. The van der Waals surface area contributed by atoms with Gasteiger partial charge in [-0.1, -0.05) is 6.07 Å². The first kappa shape index (κ1) is 18.6. The van der Waals surface area contributed by atoms with Crippen LogP contribution < -0.4 is 16.8 Å². The number of nitrogen functional groups attached to an aromatic ring is 2. The van der Waals surface area contributed by atoms with Crippen LogP contribution in [0.25, 0.3) is 0 Å². The molecule has 0 unspecified atom stereocenters. The number of hydrogen-bond donors (Lipinski definition) is 3. The number of rotatable bonds is 4. The third-order valence-electron chi connectivity index (χ3n) is 1.80. The van der Waals surface area contributed by atoms with Gasteiger partial charge in [0.05, 0.1) is 4.90 Å². The van der Waals surface area contributed by atoms with Crippen molar-refractivity contribution in [2.75, 3.05) is 23.8 Å². The largest absolute Gasteiger partial charge is 0.398 e. The SMILES string of the molecule is CC(=O)NCCSc1c(N)cccc1N.Cl.Cl. The molecule has 4 nitrogen and oxygen atoms in total. The van der Waals surface area contributed by atoms with Crippen LogP contribution in [0.3, 0.4) is 0 Å². The van der Waals surface area contributed by atoms with Crippen LogP contribution in [-0.4, -0.2) is 18.2 Å². The van der Waals surface area contributed by atoms with E-state index in [0.717, 1.165) is 10.6 Å². The van der Waals surface area contributed by atoms with Gasteiger partial charge in [-0.05, 0) is 12.1 Å². The zero-order valence-corrected chi connectivity index (χ0v) is 11.9. The zero-order chi connectivity index (χ0) is 11.3. The third kappa shape index (κ3) is 6.51. The van der Waals surface area contributed by atoms with Crippen LogP contribution in [0, 0.1) is 0 Å². The summed E-state index contributed by atoms with van der Waals surface area (Å²) in [7, 11) is 0. The van der Waals surface area contributed by atoms with Gasteiger partial charge in [-0.25, -0.2) is 0 Å². The highest BCUT2D eigenvalue weighted by atomic mass is 35.5. The first-order valence-electron chi connectivity index (χ1n) is 4.62. The van der Waals surface area contributed by atoms with Crippen molar-refractivity contribution in [1.82, 2.24) is 5.32 Å². The molecule has 0 saturated carbocycles. The van der Waals surface area contributed by atoms with Crippen molar-refractivity contribution in [3.8, 4) is 0 Å². The Kier molecular flexibility index (Phi) is 10.1. The number of amides is 1. The molecule has 1 aromatic carbocycles. The summed E-state index contributed by atoms with van der Waals surface area (Å²) in [5, 5.41) is 2.71. The van der Waals surface area contributed by atoms with Gasteiger partial charge in [0, 0.05) is 30.6 Å². The number of benzene rings is 1. The monoisotopic (exact) mass is 297 g/mol. The number of nitrogens with two attached hydrogens (primary N) is 2. The van der Waals surface area contributed by atoms with E-state index in [1.54, 1.807) is 11.8 Å². The highest BCUT2D eigenvalue weighted by molar-refractivity contribution is 7.99. The number of halogens is 2. The fourth-order valence-corrected chi connectivity index (χ4v) is 2.00. The highest BCUT2D eigenvalue weighted by Crippen LogP contribution is 2.30. The summed E-state index contributed by atoms with van der Waals surface area (Å²) in [5.41, 5.74) is 12.9. The normalized spacial score (nSPS) is 8.76. The zero-order valence-electron chi connectivity index (χ0n) is 9.43. The van der Waals surface area contributed by atoms with E-state index in [1.165, 1.54) is 6.92 Å². The molecular formula is C10H17Cl2N3OS. The minimum Gasteiger partial charge on any atom is -0.398 e. The second-order valence-corrected chi connectivity index (χ2v) is 4.20. The lowest BCUT2D eigenvalue weighted by molar-refractivity contribution is -0.118. The molecule has 1 rings (SSSR count). The van der Waals surface area contributed by atoms with Crippen LogP contribution in [0.4, 0.5) is 11.4 Å². The first-order valence-corrected chi connectivity index (χ1v) is 5.61. The van der Waals surface area contributed by atoms with E-state index in [0.29, 0.717) is 17.9 Å². The van der Waals surface area contributed by atoms with E-state index >= 15 is 0 Å². The van der Waals surface area contributed by atoms with Gasteiger partial charge in [0.1, 0.15) is 0 Å². The summed E-state index contributed by atoms with van der Waals surface area (Å²) in [6, 6.07) is 5.46. The van der Waals surface area contributed by atoms with Gasteiger partial charge in [-0.3, -0.25) is 4.79 Å². The fourth-order valence-electron chi connectivity index (χ4n) is 1.12. The number of carbonyl (C=O) groups is 1. The fraction of sp³-hybridized carbons (Fsp3) is 0.300. The maximum absolute atomic E-state index is 10.6. The smallest absolute Gasteiger partial charge is 0.216 e. The van der Waals surface area contributed by atoms with E-state index in [2.05, 4.69) is 5.32 Å². The van der Waals surface area contributed by atoms with Gasteiger partial charge < -0.3 is 16.8 Å². The molecule has 0 aliphatic heterocycles. The Morgan fingerprint density at radius 3 is 2.29 bits per heavy atom. The molecule has 0 radical (unpaired) electrons. The molecule has 0 aliphatic carbocycles. The second-order valence-electron chi connectivity index (χ2n) is 3.10. The van der Waals surface area contributed by atoms with Gasteiger partial charge in [0.25, 0.3) is 0 Å². The second kappa shape index (κ2) is 9.27. The summed E-state index contributed by atoms with van der Waals surface area (Å²) in [4.78, 5) is 11.5. The quantitative estimate of drug-likeness (QED) is 0.451. The van der Waals surface area contributed by atoms with Crippen LogP contribution in [0.1, 0.15) is 6.92 Å². The number of nitrogens with one attached hydrogen (secondary N) is 1. The summed E-state index contributed by atoms with van der Waals surface area (Å²) in [5.74, 6) is 0.738. The molecule has 0 fully saturated rings. The lowest BCUT2D eigenvalue weighted by Crippen LogP contribution is -2.22. The molecule has 0 atom stereocenters. The first-order chi connectivity index (χ1) is 7.11. The van der Waals surface area contributed by atoms with Crippen molar-refractivity contribution in [1.29, 1.82) is 0 Å². The van der Waals surface area contributed by atoms with Crippen LogP contribution in [0.5, 0.6) is 0 Å². The molecule has 1 aromatic rings. The molecule has 0 aromatic heterocycles. The van der Waals surface area contributed by atoms with E-state index in [1.807, 2.05) is 18.2 Å². The number of hydrogen-bond acceptors (Lipinski definition) is 4. The molecule has 98 valence electrons. The number of carbonyl (C=O) groups excluding carboxylic acids is 1. The topological polar surface area (TPSA) is 81.1 Å². The highest BCUT2D eigenvalue weighted by Gasteiger charge is 2.03. The molecule has 17 heavy (non-hydrogen) atoms. The molecule has 0 heterocycles. The van der Waals surface area contributed by atoms with Crippen molar-refractivity contribution in [3.63, 3.8) is 0 Å². The van der Waals surface area contributed by atoms with Gasteiger partial charge in [0.15, 0.2) is 0 Å². The number of thioether (sulfide) groups is 1. The Hall–Kier alpha value is -0.780. The molecule has 7 heteroatoms. The predicted molar refractivity (Wildman–Crippen MR) is 79.2 cm³/mol. The molecular weight excluding hydrogens is 281 g/mol. The van der Waals surface area contributed by atoms with E-state index < -0.39 is 0 Å². The van der Waals surface area contributed by atoms with E-state index in [4.69, 9.17) is 11.5 Å². The summed E-state index contributed by atoms with van der Waals surface area (Å²) in [6.07, 6.45) is 0.